The Balaban J connectivity index is 1.42. The monoisotopic (exact) mass is 277 g/mol. The van der Waals surface area contributed by atoms with Gasteiger partial charge in [-0.2, -0.15) is 0 Å². The molecule has 3 aliphatic rings. The fourth-order valence-electron chi connectivity index (χ4n) is 3.20. The third kappa shape index (κ3) is 2.60. The van der Waals surface area contributed by atoms with Gasteiger partial charge in [-0.15, -0.1) is 11.8 Å². The lowest BCUT2D eigenvalue weighted by molar-refractivity contribution is -0.140. The summed E-state index contributed by atoms with van der Waals surface area (Å²) in [5, 5.41) is 11.5. The number of fused-ring (bicyclic) bond motifs is 1. The van der Waals surface area contributed by atoms with E-state index in [9.17, 15) is 9.59 Å². The fourth-order valence-corrected chi connectivity index (χ4v) is 3.20. The van der Waals surface area contributed by atoms with E-state index in [2.05, 4.69) is 17.2 Å². The molecule has 2 saturated carbocycles. The second-order valence-electron chi connectivity index (χ2n) is 6.03. The summed E-state index contributed by atoms with van der Waals surface area (Å²) >= 11 is 0. The van der Waals surface area contributed by atoms with Crippen LogP contribution in [0.3, 0.4) is 0 Å². The van der Waals surface area contributed by atoms with Crippen molar-refractivity contribution >= 4 is 12.1 Å². The lowest BCUT2D eigenvalue weighted by Gasteiger charge is -2.12. The first kappa shape index (κ1) is 13.3. The third-order valence-corrected chi connectivity index (χ3v) is 4.75. The molecule has 0 bridgehead atoms. The van der Waals surface area contributed by atoms with Gasteiger partial charge >= 0.3 is 12.1 Å². The summed E-state index contributed by atoms with van der Waals surface area (Å²) in [7, 11) is 0. The molecule has 0 aromatic heterocycles. The summed E-state index contributed by atoms with van der Waals surface area (Å²) in [6, 6.07) is 0. The Bertz CT molecular complexity index is 468. The van der Waals surface area contributed by atoms with Crippen molar-refractivity contribution in [3.8, 4) is 11.8 Å². The highest BCUT2D eigenvalue weighted by Crippen LogP contribution is 2.52. The molecule has 0 aromatic rings. The van der Waals surface area contributed by atoms with Crippen molar-refractivity contribution in [3.63, 3.8) is 0 Å². The van der Waals surface area contributed by atoms with E-state index in [0.717, 1.165) is 25.7 Å². The minimum atomic E-state index is -1.06. The SMILES string of the molecule is O=C(NC1(C(=O)O)CC1)OCC1[C@H]2CCC#CCC[C@@H]12. The van der Waals surface area contributed by atoms with E-state index in [-0.39, 0.29) is 0 Å². The van der Waals surface area contributed by atoms with E-state index < -0.39 is 17.6 Å². The molecule has 1 unspecified atom stereocenters. The largest absolute Gasteiger partial charge is 0.480 e. The number of nitrogens with one attached hydrogen (secondary N) is 1. The molecule has 1 amide bonds. The zero-order chi connectivity index (χ0) is 14.2. The summed E-state index contributed by atoms with van der Waals surface area (Å²) in [6.45, 7) is 0.400. The van der Waals surface area contributed by atoms with Crippen molar-refractivity contribution in [3.05, 3.63) is 0 Å². The number of hydrogen-bond donors (Lipinski definition) is 2. The molecule has 0 aliphatic heterocycles. The maximum atomic E-state index is 11.7. The fraction of sp³-hybridized carbons (Fsp3) is 0.733. The zero-order valence-corrected chi connectivity index (χ0v) is 11.4. The summed E-state index contributed by atoms with van der Waals surface area (Å²) in [6.07, 6.45) is 4.43. The number of carbonyl (C=O) groups excluding carboxylic acids is 1. The number of carboxylic acids is 1. The van der Waals surface area contributed by atoms with E-state index in [1.54, 1.807) is 0 Å². The lowest BCUT2D eigenvalue weighted by Crippen LogP contribution is -2.43. The molecule has 108 valence electrons. The molecule has 5 nitrogen and oxygen atoms in total. The van der Waals surface area contributed by atoms with Gasteiger partial charge in [0.25, 0.3) is 0 Å². The summed E-state index contributed by atoms with van der Waals surface area (Å²) < 4.78 is 5.21. The quantitative estimate of drug-likeness (QED) is 0.768. The number of amides is 1. The van der Waals surface area contributed by atoms with Crippen LogP contribution in [0.25, 0.3) is 0 Å². The van der Waals surface area contributed by atoms with Crippen LogP contribution in [0.4, 0.5) is 4.79 Å². The van der Waals surface area contributed by atoms with Gasteiger partial charge in [0.05, 0.1) is 6.61 Å². The molecule has 0 saturated heterocycles. The maximum absolute atomic E-state index is 11.7. The van der Waals surface area contributed by atoms with Gasteiger partial charge in [-0.1, -0.05) is 0 Å². The Hall–Kier alpha value is -1.70. The van der Waals surface area contributed by atoms with Crippen molar-refractivity contribution in [1.82, 2.24) is 5.32 Å². The second-order valence-corrected chi connectivity index (χ2v) is 6.03. The Labute approximate surface area is 118 Å². The van der Waals surface area contributed by atoms with E-state index in [1.807, 2.05) is 0 Å². The van der Waals surface area contributed by atoms with Crippen molar-refractivity contribution < 1.29 is 19.4 Å². The van der Waals surface area contributed by atoms with Crippen LogP contribution in [0, 0.1) is 29.6 Å². The Morgan fingerprint density at radius 3 is 2.30 bits per heavy atom. The standard InChI is InChI=1S/C15H19NO4/c17-13(18)15(7-8-15)16-14(19)20-9-12-10-5-3-1-2-4-6-11(10)12/h10-12H,3-9H2,(H,16,19)(H,17,18)/t10-,11+,12?. The molecule has 5 heteroatoms. The van der Waals surface area contributed by atoms with Crippen LogP contribution in [-0.4, -0.2) is 29.3 Å². The molecular formula is C15H19NO4. The van der Waals surface area contributed by atoms with E-state index in [4.69, 9.17) is 9.84 Å². The van der Waals surface area contributed by atoms with Gasteiger partial charge < -0.3 is 15.2 Å². The number of ether oxygens (including phenoxy) is 1. The van der Waals surface area contributed by atoms with Gasteiger partial charge in [0.2, 0.25) is 0 Å². The Morgan fingerprint density at radius 1 is 1.20 bits per heavy atom. The van der Waals surface area contributed by atoms with Crippen LogP contribution >= 0.6 is 0 Å². The first-order chi connectivity index (χ1) is 9.62. The summed E-state index contributed by atoms with van der Waals surface area (Å²) in [5.74, 6) is 7.02. The molecule has 0 radical (unpaired) electrons. The third-order valence-electron chi connectivity index (χ3n) is 4.75. The molecule has 3 atom stereocenters. The summed E-state index contributed by atoms with van der Waals surface area (Å²) in [4.78, 5) is 22.6. The molecule has 3 rings (SSSR count). The van der Waals surface area contributed by atoms with Crippen LogP contribution in [0.5, 0.6) is 0 Å². The van der Waals surface area contributed by atoms with Crippen molar-refractivity contribution in [2.24, 2.45) is 17.8 Å². The molecule has 20 heavy (non-hydrogen) atoms. The molecule has 3 aliphatic carbocycles. The minimum absolute atomic E-state index is 0.400. The number of alkyl carbamates (subject to hydrolysis) is 1. The van der Waals surface area contributed by atoms with Gasteiger partial charge in [-0.3, -0.25) is 0 Å². The Morgan fingerprint density at radius 2 is 1.80 bits per heavy atom. The molecule has 0 spiro atoms. The number of carbonyl (C=O) groups is 2. The van der Waals surface area contributed by atoms with E-state index >= 15 is 0 Å². The highest BCUT2D eigenvalue weighted by molar-refractivity contribution is 5.87. The highest BCUT2D eigenvalue weighted by atomic mass is 16.5. The Kier molecular flexibility index (Phi) is 3.33. The normalized spacial score (nSPS) is 32.5. The smallest absolute Gasteiger partial charge is 0.408 e. The van der Waals surface area contributed by atoms with Crippen LogP contribution in [0.1, 0.15) is 38.5 Å². The summed E-state index contributed by atoms with van der Waals surface area (Å²) in [5.41, 5.74) is -1.06. The second kappa shape index (κ2) is 5.01. The first-order valence-electron chi connectivity index (χ1n) is 7.26. The van der Waals surface area contributed by atoms with Crippen LogP contribution in [-0.2, 0) is 9.53 Å². The van der Waals surface area contributed by atoms with E-state index in [1.165, 1.54) is 0 Å². The van der Waals surface area contributed by atoms with Gasteiger partial charge in [0.1, 0.15) is 5.54 Å². The molecule has 2 N–H and O–H groups in total. The zero-order valence-electron chi connectivity index (χ0n) is 11.4. The molecule has 0 aromatic carbocycles. The number of carboxylic acid groups (broad SMARTS) is 1. The number of rotatable bonds is 4. The predicted molar refractivity (Wildman–Crippen MR) is 70.8 cm³/mol. The van der Waals surface area contributed by atoms with Crippen LogP contribution < -0.4 is 5.32 Å². The average molecular weight is 277 g/mol. The lowest BCUT2D eigenvalue weighted by atomic mass is 10.1. The van der Waals surface area contributed by atoms with Crippen molar-refractivity contribution in [2.75, 3.05) is 6.61 Å². The van der Waals surface area contributed by atoms with Crippen LogP contribution in [0.2, 0.25) is 0 Å². The predicted octanol–water partition coefficient (Wildman–Crippen LogP) is 1.77. The highest BCUT2D eigenvalue weighted by Gasteiger charge is 2.53. The molecular weight excluding hydrogens is 258 g/mol. The average Bonchev–Trinajstić information content (AvgIpc) is 3.25. The van der Waals surface area contributed by atoms with Crippen LogP contribution in [0.15, 0.2) is 0 Å². The topological polar surface area (TPSA) is 75.6 Å². The van der Waals surface area contributed by atoms with Crippen molar-refractivity contribution in [2.45, 2.75) is 44.1 Å². The number of hydrogen-bond acceptors (Lipinski definition) is 3. The molecule has 0 heterocycles. The van der Waals surface area contributed by atoms with Gasteiger partial charge in [-0.05, 0) is 43.4 Å². The first-order valence-corrected chi connectivity index (χ1v) is 7.26. The minimum Gasteiger partial charge on any atom is -0.480 e. The maximum Gasteiger partial charge on any atom is 0.408 e. The van der Waals surface area contributed by atoms with Gasteiger partial charge in [0, 0.05) is 12.8 Å². The molecule has 2 fully saturated rings. The van der Waals surface area contributed by atoms with Gasteiger partial charge in [0.15, 0.2) is 0 Å². The van der Waals surface area contributed by atoms with Crippen molar-refractivity contribution in [1.29, 1.82) is 0 Å². The number of aliphatic carboxylic acids is 1. The van der Waals surface area contributed by atoms with Gasteiger partial charge in [-0.25, -0.2) is 9.59 Å². The van der Waals surface area contributed by atoms with E-state index in [0.29, 0.717) is 37.2 Å².